The van der Waals surface area contributed by atoms with Crippen LogP contribution in [0.5, 0.6) is 0 Å². The van der Waals surface area contributed by atoms with Crippen LogP contribution in [0.15, 0.2) is 12.3 Å². The molecule has 2 N–H and O–H groups in total. The molecule has 1 aliphatic heterocycles. The van der Waals surface area contributed by atoms with Crippen LogP contribution in [0.25, 0.3) is 0 Å². The van der Waals surface area contributed by atoms with E-state index in [2.05, 4.69) is 18.9 Å². The zero-order valence-electron chi connectivity index (χ0n) is 10.1. The van der Waals surface area contributed by atoms with Crippen LogP contribution >= 0.6 is 0 Å². The van der Waals surface area contributed by atoms with E-state index in [0.29, 0.717) is 12.0 Å². The molecule has 90 valence electrons. The van der Waals surface area contributed by atoms with E-state index >= 15 is 0 Å². The topological polar surface area (TPSA) is 53.1 Å². The summed E-state index contributed by atoms with van der Waals surface area (Å²) >= 11 is 0. The molecule has 1 aromatic heterocycles. The predicted octanol–water partition coefficient (Wildman–Crippen LogP) is 1.72. The number of hydrogen-bond donors (Lipinski definition) is 1. The van der Waals surface area contributed by atoms with Crippen molar-refractivity contribution in [3.05, 3.63) is 18.0 Å². The quantitative estimate of drug-likeness (QED) is 0.845. The van der Waals surface area contributed by atoms with Gasteiger partial charge in [0.15, 0.2) is 0 Å². The highest BCUT2D eigenvalue weighted by Gasteiger charge is 2.33. The summed E-state index contributed by atoms with van der Waals surface area (Å²) in [6.07, 6.45) is 4.25. The molecule has 16 heavy (non-hydrogen) atoms. The maximum Gasteiger partial charge on any atom is 0.0620 e. The van der Waals surface area contributed by atoms with Gasteiger partial charge in [-0.15, -0.1) is 0 Å². The van der Waals surface area contributed by atoms with Gasteiger partial charge in [0.25, 0.3) is 0 Å². The van der Waals surface area contributed by atoms with Crippen molar-refractivity contribution >= 4 is 0 Å². The van der Waals surface area contributed by atoms with Crippen LogP contribution in [-0.4, -0.2) is 22.5 Å². The second kappa shape index (κ2) is 4.97. The molecule has 1 saturated heterocycles. The summed E-state index contributed by atoms with van der Waals surface area (Å²) < 4.78 is 7.68. The lowest BCUT2D eigenvalue weighted by molar-refractivity contribution is 0.0805. The summed E-state index contributed by atoms with van der Waals surface area (Å²) in [5.41, 5.74) is 7.48. The van der Waals surface area contributed by atoms with Gasteiger partial charge in [0.05, 0.1) is 17.8 Å². The molecular weight excluding hydrogens is 202 g/mol. The second-order valence-corrected chi connectivity index (χ2v) is 4.37. The number of aromatic nitrogens is 2. The average Bonchev–Trinajstić information content (AvgIpc) is 2.96. The van der Waals surface area contributed by atoms with Gasteiger partial charge in [0.1, 0.15) is 0 Å². The third-order valence-electron chi connectivity index (χ3n) is 3.51. The Hall–Kier alpha value is -0.870. The van der Waals surface area contributed by atoms with Crippen molar-refractivity contribution in [1.82, 2.24) is 9.78 Å². The molecule has 4 heteroatoms. The van der Waals surface area contributed by atoms with Gasteiger partial charge in [-0.3, -0.25) is 4.68 Å². The fraction of sp³-hybridized carbons (Fsp3) is 0.750. The third-order valence-corrected chi connectivity index (χ3v) is 3.51. The number of aryl methyl sites for hydroxylation is 1. The van der Waals surface area contributed by atoms with Gasteiger partial charge in [0.2, 0.25) is 0 Å². The normalized spacial score (nSPS) is 27.2. The SMILES string of the molecule is CCC1OCCC1C(N)c1ccnn1CC. The third kappa shape index (κ3) is 1.99. The monoisotopic (exact) mass is 223 g/mol. The van der Waals surface area contributed by atoms with Gasteiger partial charge in [-0.2, -0.15) is 5.10 Å². The highest BCUT2D eigenvalue weighted by Crippen LogP contribution is 2.33. The first-order valence-electron chi connectivity index (χ1n) is 6.16. The lowest BCUT2D eigenvalue weighted by Crippen LogP contribution is -2.29. The molecule has 2 heterocycles. The molecule has 0 bridgehead atoms. The molecule has 2 rings (SSSR count). The van der Waals surface area contributed by atoms with Crippen LogP contribution < -0.4 is 5.73 Å². The lowest BCUT2D eigenvalue weighted by Gasteiger charge is -2.24. The van der Waals surface area contributed by atoms with Gasteiger partial charge in [-0.25, -0.2) is 0 Å². The van der Waals surface area contributed by atoms with E-state index in [-0.39, 0.29) is 6.04 Å². The Labute approximate surface area is 96.8 Å². The number of rotatable bonds is 4. The highest BCUT2D eigenvalue weighted by molar-refractivity contribution is 5.09. The molecule has 0 amide bonds. The van der Waals surface area contributed by atoms with E-state index in [4.69, 9.17) is 10.5 Å². The van der Waals surface area contributed by atoms with Gasteiger partial charge >= 0.3 is 0 Å². The first-order valence-corrected chi connectivity index (χ1v) is 6.16. The van der Waals surface area contributed by atoms with Gasteiger partial charge < -0.3 is 10.5 Å². The van der Waals surface area contributed by atoms with Gasteiger partial charge in [-0.1, -0.05) is 6.92 Å². The van der Waals surface area contributed by atoms with E-state index in [9.17, 15) is 0 Å². The Morgan fingerprint density at radius 3 is 3.12 bits per heavy atom. The van der Waals surface area contributed by atoms with E-state index in [1.165, 1.54) is 0 Å². The molecule has 1 fully saturated rings. The number of ether oxygens (including phenoxy) is 1. The summed E-state index contributed by atoms with van der Waals surface area (Å²) in [7, 11) is 0. The first-order chi connectivity index (χ1) is 7.77. The molecule has 3 unspecified atom stereocenters. The Morgan fingerprint density at radius 1 is 1.62 bits per heavy atom. The van der Waals surface area contributed by atoms with Crippen molar-refractivity contribution in [1.29, 1.82) is 0 Å². The Bertz CT molecular complexity index is 337. The Balaban J connectivity index is 2.15. The highest BCUT2D eigenvalue weighted by atomic mass is 16.5. The predicted molar refractivity (Wildman–Crippen MR) is 63.0 cm³/mol. The van der Waals surface area contributed by atoms with Crippen molar-refractivity contribution in [2.24, 2.45) is 11.7 Å². The van der Waals surface area contributed by atoms with Crippen molar-refractivity contribution in [2.45, 2.75) is 45.4 Å². The minimum Gasteiger partial charge on any atom is -0.378 e. The van der Waals surface area contributed by atoms with E-state index in [0.717, 1.165) is 31.7 Å². The van der Waals surface area contributed by atoms with Crippen molar-refractivity contribution in [3.63, 3.8) is 0 Å². The van der Waals surface area contributed by atoms with Crippen molar-refractivity contribution in [3.8, 4) is 0 Å². The smallest absolute Gasteiger partial charge is 0.0620 e. The minimum absolute atomic E-state index is 0.0508. The zero-order chi connectivity index (χ0) is 11.5. The average molecular weight is 223 g/mol. The van der Waals surface area contributed by atoms with Crippen LogP contribution in [0.3, 0.4) is 0 Å². The van der Waals surface area contributed by atoms with Crippen molar-refractivity contribution < 1.29 is 4.74 Å². The van der Waals surface area contributed by atoms with Gasteiger partial charge in [-0.05, 0) is 25.8 Å². The summed E-state index contributed by atoms with van der Waals surface area (Å²) in [5.74, 6) is 0.437. The lowest BCUT2D eigenvalue weighted by atomic mass is 9.90. The molecule has 0 spiro atoms. The number of nitrogens with zero attached hydrogens (tertiary/aromatic N) is 2. The molecule has 1 aliphatic rings. The largest absolute Gasteiger partial charge is 0.378 e. The zero-order valence-corrected chi connectivity index (χ0v) is 10.1. The van der Waals surface area contributed by atoms with Crippen LogP contribution in [-0.2, 0) is 11.3 Å². The molecular formula is C12H21N3O. The Kier molecular flexibility index (Phi) is 3.61. The van der Waals surface area contributed by atoms with E-state index in [1.807, 2.05) is 16.9 Å². The fourth-order valence-electron chi connectivity index (χ4n) is 2.61. The summed E-state index contributed by atoms with van der Waals surface area (Å²) in [4.78, 5) is 0. The maximum absolute atomic E-state index is 6.35. The minimum atomic E-state index is 0.0508. The van der Waals surface area contributed by atoms with Gasteiger partial charge in [0, 0.05) is 25.3 Å². The molecule has 4 nitrogen and oxygen atoms in total. The molecule has 0 radical (unpaired) electrons. The number of nitrogens with two attached hydrogens (primary N) is 1. The molecule has 0 saturated carbocycles. The molecule has 0 aromatic carbocycles. The van der Waals surface area contributed by atoms with Crippen LogP contribution in [0.2, 0.25) is 0 Å². The summed E-state index contributed by atoms with van der Waals surface area (Å²) in [6, 6.07) is 2.08. The second-order valence-electron chi connectivity index (χ2n) is 4.37. The number of hydrogen-bond acceptors (Lipinski definition) is 3. The first kappa shape index (κ1) is 11.6. The standard InChI is InChI=1S/C12H21N3O/c1-3-11-9(6-8-16-11)12(13)10-5-7-14-15(10)4-2/h5,7,9,11-12H,3-4,6,8,13H2,1-2H3. The van der Waals surface area contributed by atoms with Crippen LogP contribution in [0, 0.1) is 5.92 Å². The van der Waals surface area contributed by atoms with Crippen LogP contribution in [0.1, 0.15) is 38.4 Å². The molecule has 1 aromatic rings. The summed E-state index contributed by atoms with van der Waals surface area (Å²) in [5, 5.41) is 4.27. The van der Waals surface area contributed by atoms with Crippen LogP contribution in [0.4, 0.5) is 0 Å². The molecule has 3 atom stereocenters. The van der Waals surface area contributed by atoms with Crippen molar-refractivity contribution in [2.75, 3.05) is 6.61 Å². The maximum atomic E-state index is 6.35. The van der Waals surface area contributed by atoms with E-state index < -0.39 is 0 Å². The summed E-state index contributed by atoms with van der Waals surface area (Å²) in [6.45, 7) is 5.97. The molecule has 0 aliphatic carbocycles. The fourth-order valence-corrected chi connectivity index (χ4v) is 2.61. The van der Waals surface area contributed by atoms with E-state index in [1.54, 1.807) is 0 Å². The Morgan fingerprint density at radius 2 is 2.44 bits per heavy atom.